The predicted molar refractivity (Wildman–Crippen MR) is 79.8 cm³/mol. The first-order chi connectivity index (χ1) is 9.22. The van der Waals surface area contributed by atoms with Gasteiger partial charge < -0.3 is 5.32 Å². The zero-order valence-electron chi connectivity index (χ0n) is 9.64. The van der Waals surface area contributed by atoms with Crippen molar-refractivity contribution in [3.05, 3.63) is 52.5 Å². The first-order valence-electron chi connectivity index (χ1n) is 5.52. The van der Waals surface area contributed by atoms with Crippen LogP contribution in [0.4, 0.5) is 11.5 Å². The van der Waals surface area contributed by atoms with E-state index in [1.807, 2.05) is 24.3 Å². The Hall–Kier alpha value is -1.72. The largest absolute Gasteiger partial charge is 0.338 e. The SMILES string of the molecule is Clc1nccc(Nc2cccc3cc(Br)cnc23)n1. The molecule has 0 fully saturated rings. The molecular formula is C13H8BrClN4. The number of rotatable bonds is 2. The number of halogens is 2. The average molecular weight is 336 g/mol. The lowest BCUT2D eigenvalue weighted by Crippen LogP contribution is -1.96. The number of pyridine rings is 1. The normalized spacial score (nSPS) is 10.6. The Morgan fingerprint density at radius 1 is 1.16 bits per heavy atom. The van der Waals surface area contributed by atoms with Gasteiger partial charge in [-0.2, -0.15) is 0 Å². The molecule has 0 saturated heterocycles. The predicted octanol–water partition coefficient (Wildman–Crippen LogP) is 4.18. The van der Waals surface area contributed by atoms with Crippen LogP contribution >= 0.6 is 27.5 Å². The van der Waals surface area contributed by atoms with Crippen molar-refractivity contribution in [3.8, 4) is 0 Å². The second-order valence-electron chi connectivity index (χ2n) is 3.87. The van der Waals surface area contributed by atoms with Crippen LogP contribution in [-0.2, 0) is 0 Å². The molecule has 0 spiro atoms. The van der Waals surface area contributed by atoms with Crippen molar-refractivity contribution in [2.45, 2.75) is 0 Å². The van der Waals surface area contributed by atoms with Gasteiger partial charge in [0.25, 0.3) is 0 Å². The fourth-order valence-electron chi connectivity index (χ4n) is 1.78. The summed E-state index contributed by atoms with van der Waals surface area (Å²) in [5.41, 5.74) is 1.75. The molecule has 2 aromatic heterocycles. The molecule has 0 aliphatic rings. The van der Waals surface area contributed by atoms with Crippen LogP contribution in [-0.4, -0.2) is 15.0 Å². The topological polar surface area (TPSA) is 50.7 Å². The van der Waals surface area contributed by atoms with Crippen molar-refractivity contribution in [1.82, 2.24) is 15.0 Å². The first-order valence-corrected chi connectivity index (χ1v) is 6.69. The van der Waals surface area contributed by atoms with E-state index < -0.39 is 0 Å². The van der Waals surface area contributed by atoms with E-state index in [0.717, 1.165) is 21.1 Å². The number of nitrogens with one attached hydrogen (secondary N) is 1. The molecule has 0 aliphatic heterocycles. The fourth-order valence-corrected chi connectivity index (χ4v) is 2.27. The number of nitrogens with zero attached hydrogens (tertiary/aromatic N) is 3. The van der Waals surface area contributed by atoms with Crippen molar-refractivity contribution >= 4 is 49.9 Å². The molecule has 0 amide bonds. The number of fused-ring (bicyclic) bond motifs is 1. The van der Waals surface area contributed by atoms with Gasteiger partial charge in [0, 0.05) is 22.3 Å². The third-order valence-electron chi connectivity index (χ3n) is 2.57. The smallest absolute Gasteiger partial charge is 0.224 e. The van der Waals surface area contributed by atoms with E-state index in [1.165, 1.54) is 0 Å². The highest BCUT2D eigenvalue weighted by atomic mass is 79.9. The molecule has 0 aliphatic carbocycles. The molecular weight excluding hydrogens is 328 g/mol. The number of para-hydroxylation sites is 1. The lowest BCUT2D eigenvalue weighted by Gasteiger charge is -2.08. The number of hydrogen-bond donors (Lipinski definition) is 1. The van der Waals surface area contributed by atoms with Crippen LogP contribution < -0.4 is 5.32 Å². The molecule has 1 aromatic carbocycles. The van der Waals surface area contributed by atoms with E-state index in [1.54, 1.807) is 18.5 Å². The summed E-state index contributed by atoms with van der Waals surface area (Å²) < 4.78 is 0.947. The molecule has 6 heteroatoms. The third kappa shape index (κ3) is 2.67. The standard InChI is InChI=1S/C13H8BrClN4/c14-9-6-8-2-1-3-10(12(8)17-7-9)18-11-4-5-16-13(15)19-11/h1-7H,(H,16,18,19). The number of benzene rings is 1. The lowest BCUT2D eigenvalue weighted by molar-refractivity contribution is 1.17. The maximum Gasteiger partial charge on any atom is 0.224 e. The summed E-state index contributed by atoms with van der Waals surface area (Å²) in [7, 11) is 0. The van der Waals surface area contributed by atoms with Crippen LogP contribution in [0.5, 0.6) is 0 Å². The molecule has 4 nitrogen and oxygen atoms in total. The van der Waals surface area contributed by atoms with Gasteiger partial charge >= 0.3 is 0 Å². The van der Waals surface area contributed by atoms with Gasteiger partial charge in [0.05, 0.1) is 11.2 Å². The number of anilines is 2. The van der Waals surface area contributed by atoms with E-state index in [2.05, 4.69) is 36.2 Å². The molecule has 0 radical (unpaired) electrons. The monoisotopic (exact) mass is 334 g/mol. The van der Waals surface area contributed by atoms with Crippen LogP contribution in [0.3, 0.4) is 0 Å². The molecule has 0 bridgehead atoms. The zero-order chi connectivity index (χ0) is 13.2. The third-order valence-corrected chi connectivity index (χ3v) is 3.18. The van der Waals surface area contributed by atoms with Gasteiger partial charge in [-0.3, -0.25) is 4.98 Å². The Bertz CT molecular complexity index is 748. The second-order valence-corrected chi connectivity index (χ2v) is 5.12. The quantitative estimate of drug-likeness (QED) is 0.714. The fraction of sp³-hybridized carbons (Fsp3) is 0. The van der Waals surface area contributed by atoms with Gasteiger partial charge in [0.1, 0.15) is 5.82 Å². The minimum Gasteiger partial charge on any atom is -0.338 e. The van der Waals surface area contributed by atoms with Crippen LogP contribution in [0.15, 0.2) is 47.2 Å². The molecule has 19 heavy (non-hydrogen) atoms. The van der Waals surface area contributed by atoms with Crippen molar-refractivity contribution < 1.29 is 0 Å². The van der Waals surface area contributed by atoms with Crippen LogP contribution in [0.25, 0.3) is 10.9 Å². The highest BCUT2D eigenvalue weighted by Gasteiger charge is 2.04. The minimum absolute atomic E-state index is 0.209. The summed E-state index contributed by atoms with van der Waals surface area (Å²) in [6.07, 6.45) is 3.37. The molecule has 0 unspecified atom stereocenters. The highest BCUT2D eigenvalue weighted by molar-refractivity contribution is 9.10. The zero-order valence-corrected chi connectivity index (χ0v) is 12.0. The average Bonchev–Trinajstić information content (AvgIpc) is 2.38. The summed E-state index contributed by atoms with van der Waals surface area (Å²) in [5.74, 6) is 0.636. The summed E-state index contributed by atoms with van der Waals surface area (Å²) >= 11 is 9.18. The van der Waals surface area contributed by atoms with Gasteiger partial charge in [0.2, 0.25) is 5.28 Å². The number of aromatic nitrogens is 3. The molecule has 3 aromatic rings. The molecule has 2 heterocycles. The van der Waals surface area contributed by atoms with Gasteiger partial charge in [0.15, 0.2) is 0 Å². The van der Waals surface area contributed by atoms with E-state index in [-0.39, 0.29) is 5.28 Å². The minimum atomic E-state index is 0.209. The molecule has 0 saturated carbocycles. The molecule has 1 N–H and O–H groups in total. The summed E-state index contributed by atoms with van der Waals surface area (Å²) in [6, 6.07) is 9.68. The van der Waals surface area contributed by atoms with Crippen molar-refractivity contribution in [3.63, 3.8) is 0 Å². The van der Waals surface area contributed by atoms with Crippen LogP contribution in [0.2, 0.25) is 5.28 Å². The van der Waals surface area contributed by atoms with E-state index in [9.17, 15) is 0 Å². The van der Waals surface area contributed by atoms with Gasteiger partial charge in [-0.15, -0.1) is 0 Å². The van der Waals surface area contributed by atoms with E-state index in [4.69, 9.17) is 11.6 Å². The van der Waals surface area contributed by atoms with Crippen molar-refractivity contribution in [2.24, 2.45) is 0 Å². The van der Waals surface area contributed by atoms with Crippen molar-refractivity contribution in [1.29, 1.82) is 0 Å². The van der Waals surface area contributed by atoms with Gasteiger partial charge in [-0.25, -0.2) is 9.97 Å². The van der Waals surface area contributed by atoms with Crippen LogP contribution in [0.1, 0.15) is 0 Å². The maximum atomic E-state index is 5.77. The van der Waals surface area contributed by atoms with Crippen LogP contribution in [0, 0.1) is 0 Å². The molecule has 94 valence electrons. The summed E-state index contributed by atoms with van der Waals surface area (Å²) in [4.78, 5) is 12.4. The van der Waals surface area contributed by atoms with Gasteiger partial charge in [-0.1, -0.05) is 12.1 Å². The highest BCUT2D eigenvalue weighted by Crippen LogP contribution is 2.26. The molecule has 0 atom stereocenters. The van der Waals surface area contributed by atoms with E-state index >= 15 is 0 Å². The van der Waals surface area contributed by atoms with E-state index in [0.29, 0.717) is 5.82 Å². The molecule has 3 rings (SSSR count). The Kier molecular flexibility index (Phi) is 3.31. The Labute approximate surface area is 123 Å². The lowest BCUT2D eigenvalue weighted by atomic mass is 10.2. The first kappa shape index (κ1) is 12.3. The summed E-state index contributed by atoms with van der Waals surface area (Å²) in [6.45, 7) is 0. The second kappa shape index (κ2) is 5.11. The maximum absolute atomic E-state index is 5.77. The summed E-state index contributed by atoms with van der Waals surface area (Å²) in [5, 5.41) is 4.44. The Balaban J connectivity index is 2.06. The van der Waals surface area contributed by atoms with Gasteiger partial charge in [-0.05, 0) is 45.7 Å². The Morgan fingerprint density at radius 3 is 2.89 bits per heavy atom. The Morgan fingerprint density at radius 2 is 2.05 bits per heavy atom. The number of hydrogen-bond acceptors (Lipinski definition) is 4. The van der Waals surface area contributed by atoms with Crippen molar-refractivity contribution in [2.75, 3.05) is 5.32 Å².